The highest BCUT2D eigenvalue weighted by atomic mass is 16.7. The van der Waals surface area contributed by atoms with Crippen LogP contribution in [0.15, 0.2) is 0 Å². The van der Waals surface area contributed by atoms with Gasteiger partial charge in [-0.05, 0) is 31.1 Å². The monoisotopic (exact) mass is 701 g/mol. The van der Waals surface area contributed by atoms with E-state index in [4.69, 9.17) is 14.3 Å². The lowest BCUT2D eigenvalue weighted by Gasteiger charge is -2.12. The molecule has 1 heterocycles. The molecule has 0 aromatic heterocycles. The minimum atomic E-state index is -0.817. The molecule has 1 aliphatic rings. The summed E-state index contributed by atoms with van der Waals surface area (Å²) in [5.74, 6) is 10.1. The van der Waals surface area contributed by atoms with Gasteiger partial charge in [-0.1, -0.05) is 102 Å². The molecule has 1 saturated heterocycles. The lowest BCUT2D eigenvalue weighted by Crippen LogP contribution is -2.33. The average Bonchev–Trinajstić information content (AvgIpc) is 3.42. The van der Waals surface area contributed by atoms with Crippen LogP contribution in [0.5, 0.6) is 0 Å². The lowest BCUT2D eigenvalue weighted by molar-refractivity contribution is -0.197. The summed E-state index contributed by atoms with van der Waals surface area (Å²) in [5, 5.41) is 5.94. The molecule has 0 unspecified atom stereocenters. The highest BCUT2D eigenvalue weighted by Gasteiger charge is 2.32. The Morgan fingerprint density at radius 2 is 1.02 bits per heavy atom. The molecule has 0 aromatic rings. The first-order valence-electron chi connectivity index (χ1n) is 19.1. The van der Waals surface area contributed by atoms with Gasteiger partial charge in [0.25, 0.3) is 11.8 Å². The van der Waals surface area contributed by atoms with E-state index >= 15 is 0 Å². The van der Waals surface area contributed by atoms with E-state index in [2.05, 4.69) is 41.2 Å². The van der Waals surface area contributed by atoms with Crippen LogP contribution in [-0.2, 0) is 38.3 Å². The Kier molecular flexibility index (Phi) is 29.2. The number of rotatable bonds is 31. The van der Waals surface area contributed by atoms with Crippen LogP contribution in [0.2, 0.25) is 0 Å². The molecule has 11 heteroatoms. The van der Waals surface area contributed by atoms with Crippen molar-refractivity contribution in [1.29, 1.82) is 0 Å². The molecule has 0 atom stereocenters. The summed E-state index contributed by atoms with van der Waals surface area (Å²) >= 11 is 0. The Morgan fingerprint density at radius 1 is 0.580 bits per heavy atom. The van der Waals surface area contributed by atoms with Gasteiger partial charge in [0.15, 0.2) is 0 Å². The molecule has 50 heavy (non-hydrogen) atoms. The van der Waals surface area contributed by atoms with Crippen LogP contribution in [0.4, 0.5) is 0 Å². The van der Waals surface area contributed by atoms with Crippen molar-refractivity contribution in [2.45, 2.75) is 155 Å². The van der Waals surface area contributed by atoms with E-state index in [1.165, 1.54) is 70.6 Å². The number of carbonyl (C=O) groups excluding carboxylic acids is 5. The zero-order chi connectivity index (χ0) is 36.3. The van der Waals surface area contributed by atoms with E-state index in [0.29, 0.717) is 37.8 Å². The minimum absolute atomic E-state index is 0.0171. The summed E-state index contributed by atoms with van der Waals surface area (Å²) in [6.45, 7) is 4.34. The van der Waals surface area contributed by atoms with E-state index in [0.717, 1.165) is 44.9 Å². The third kappa shape index (κ3) is 27.4. The zero-order valence-electron chi connectivity index (χ0n) is 30.7. The van der Waals surface area contributed by atoms with Crippen LogP contribution in [0.3, 0.4) is 0 Å². The molecule has 11 nitrogen and oxygen atoms in total. The summed E-state index contributed by atoms with van der Waals surface area (Å²) in [4.78, 5) is 63.1. The quantitative estimate of drug-likeness (QED) is 0.0504. The van der Waals surface area contributed by atoms with Crippen molar-refractivity contribution in [3.8, 4) is 23.7 Å². The topological polar surface area (TPSA) is 140 Å². The molecule has 1 fully saturated rings. The smallest absolute Gasteiger partial charge is 0.333 e. The maximum Gasteiger partial charge on any atom is 0.333 e. The number of unbranched alkanes of at least 4 members (excludes halogenated alkanes) is 16. The fraction of sp³-hybridized carbons (Fsp3) is 0.769. The van der Waals surface area contributed by atoms with Gasteiger partial charge >= 0.3 is 5.97 Å². The second kappa shape index (κ2) is 32.8. The predicted octanol–water partition coefficient (Wildman–Crippen LogP) is 6.08. The van der Waals surface area contributed by atoms with Crippen molar-refractivity contribution in [3.05, 3.63) is 0 Å². The van der Waals surface area contributed by atoms with Gasteiger partial charge in [-0.15, -0.1) is 5.06 Å². The first kappa shape index (κ1) is 44.6. The number of amides is 4. The van der Waals surface area contributed by atoms with Gasteiger partial charge in [0.2, 0.25) is 11.8 Å². The van der Waals surface area contributed by atoms with Crippen LogP contribution in [-0.4, -0.2) is 74.2 Å². The molecule has 0 bridgehead atoms. The van der Waals surface area contributed by atoms with E-state index < -0.39 is 17.8 Å². The molecule has 0 saturated carbocycles. The third-order valence-electron chi connectivity index (χ3n) is 8.11. The number of hydroxylamine groups is 2. The Hall–Kier alpha value is -3.41. The van der Waals surface area contributed by atoms with Gasteiger partial charge < -0.3 is 24.9 Å². The molecule has 2 N–H and O–H groups in total. The molecule has 0 aliphatic carbocycles. The van der Waals surface area contributed by atoms with Gasteiger partial charge in [0.1, 0.15) is 0 Å². The van der Waals surface area contributed by atoms with Gasteiger partial charge in [0.05, 0.1) is 32.8 Å². The molecule has 1 aliphatic heterocycles. The predicted molar refractivity (Wildman–Crippen MR) is 193 cm³/mol. The first-order valence-corrected chi connectivity index (χ1v) is 19.1. The fourth-order valence-electron chi connectivity index (χ4n) is 5.17. The van der Waals surface area contributed by atoms with Gasteiger partial charge in [-0.25, -0.2) is 4.79 Å². The third-order valence-corrected chi connectivity index (χ3v) is 8.11. The maximum absolute atomic E-state index is 12.0. The summed E-state index contributed by atoms with van der Waals surface area (Å²) in [5.41, 5.74) is 0. The number of hydrogen-bond acceptors (Lipinski definition) is 8. The highest BCUT2D eigenvalue weighted by molar-refractivity contribution is 6.01. The molecular weight excluding hydrogens is 638 g/mol. The SMILES string of the molecule is CCCCCCCCCCCCC#CC#CCCCCCCCCC(=O)NCCOCCOCCNC(=O)CCC(=O)ON1C(=O)CCC1=O. The van der Waals surface area contributed by atoms with E-state index in [-0.39, 0.29) is 50.6 Å². The number of imide groups is 1. The van der Waals surface area contributed by atoms with Crippen molar-refractivity contribution >= 4 is 29.6 Å². The van der Waals surface area contributed by atoms with Crippen molar-refractivity contribution < 1.29 is 38.3 Å². The fourth-order valence-corrected chi connectivity index (χ4v) is 5.17. The van der Waals surface area contributed by atoms with Gasteiger partial charge in [0, 0.05) is 51.6 Å². The van der Waals surface area contributed by atoms with Gasteiger partial charge in [-0.2, -0.15) is 0 Å². The standard InChI is InChI=1S/C39H63N3O8/c1-2-3-4-5-6-7-8-9-10-11-12-13-14-15-16-17-18-19-20-21-22-23-24-35(43)40-29-31-48-33-34-49-32-30-41-36(44)25-28-39(47)50-42-37(45)26-27-38(42)46/h2-12,17-34H2,1H3,(H,40,43)(H,41,44). The van der Waals surface area contributed by atoms with E-state index in [9.17, 15) is 24.0 Å². The Balaban J connectivity index is 1.79. The van der Waals surface area contributed by atoms with Crippen molar-refractivity contribution in [2.75, 3.05) is 39.5 Å². The highest BCUT2D eigenvalue weighted by Crippen LogP contribution is 2.13. The molecule has 0 aromatic carbocycles. The van der Waals surface area contributed by atoms with E-state index in [1.54, 1.807) is 0 Å². The Labute approximate surface area is 301 Å². The normalized spacial score (nSPS) is 12.2. The summed E-state index contributed by atoms with van der Waals surface area (Å²) in [7, 11) is 0. The molecular formula is C39H63N3O8. The number of nitrogens with one attached hydrogen (secondary N) is 2. The number of ether oxygens (including phenoxy) is 2. The summed E-state index contributed by atoms with van der Waals surface area (Å²) in [6.07, 6.45) is 22.0. The lowest BCUT2D eigenvalue weighted by atomic mass is 10.1. The van der Waals surface area contributed by atoms with Crippen molar-refractivity contribution in [3.63, 3.8) is 0 Å². The maximum atomic E-state index is 12.0. The van der Waals surface area contributed by atoms with Crippen LogP contribution < -0.4 is 10.6 Å². The van der Waals surface area contributed by atoms with Crippen LogP contribution in [0.25, 0.3) is 0 Å². The number of nitrogens with zero attached hydrogens (tertiary/aromatic N) is 1. The van der Waals surface area contributed by atoms with Crippen LogP contribution >= 0.6 is 0 Å². The molecule has 282 valence electrons. The van der Waals surface area contributed by atoms with Gasteiger partial charge in [-0.3, -0.25) is 19.2 Å². The first-order chi connectivity index (χ1) is 24.4. The van der Waals surface area contributed by atoms with Crippen molar-refractivity contribution in [1.82, 2.24) is 15.7 Å². The Morgan fingerprint density at radius 3 is 1.52 bits per heavy atom. The minimum Gasteiger partial charge on any atom is -0.377 e. The molecule has 1 rings (SSSR count). The average molecular weight is 702 g/mol. The number of hydrogen-bond donors (Lipinski definition) is 2. The molecule has 4 amide bonds. The molecule has 0 radical (unpaired) electrons. The largest absolute Gasteiger partial charge is 0.377 e. The number of carbonyl (C=O) groups is 5. The van der Waals surface area contributed by atoms with E-state index in [1.807, 2.05) is 0 Å². The summed E-state index contributed by atoms with van der Waals surface area (Å²) < 4.78 is 10.8. The summed E-state index contributed by atoms with van der Waals surface area (Å²) in [6, 6.07) is 0. The van der Waals surface area contributed by atoms with Crippen LogP contribution in [0, 0.1) is 23.7 Å². The zero-order valence-corrected chi connectivity index (χ0v) is 30.7. The van der Waals surface area contributed by atoms with Crippen molar-refractivity contribution in [2.24, 2.45) is 0 Å². The Bertz CT molecular complexity index is 1070. The van der Waals surface area contributed by atoms with Crippen LogP contribution in [0.1, 0.15) is 155 Å². The second-order valence-electron chi connectivity index (χ2n) is 12.6. The second-order valence-corrected chi connectivity index (χ2v) is 12.6. The molecule has 0 spiro atoms.